The zero-order valence-electron chi connectivity index (χ0n) is 14.4. The van der Waals surface area contributed by atoms with Gasteiger partial charge in [0, 0.05) is 10.5 Å². The third-order valence-electron chi connectivity index (χ3n) is 4.55. The van der Waals surface area contributed by atoms with Gasteiger partial charge in [0.2, 0.25) is 0 Å². The summed E-state index contributed by atoms with van der Waals surface area (Å²) in [6.07, 6.45) is 5.72. The number of carboxylic acid groups (broad SMARTS) is 1. The molecule has 8 heteroatoms. The topological polar surface area (TPSA) is 133 Å². The van der Waals surface area contributed by atoms with Crippen LogP contribution in [0.1, 0.15) is 51.9 Å². The first kappa shape index (κ1) is 20.9. The zero-order chi connectivity index (χ0) is 18.4. The van der Waals surface area contributed by atoms with E-state index >= 15 is 0 Å². The van der Waals surface area contributed by atoms with Crippen LogP contribution in [0.5, 0.6) is 0 Å². The van der Waals surface area contributed by atoms with Crippen LogP contribution in [0.15, 0.2) is 0 Å². The third-order valence-corrected chi connectivity index (χ3v) is 6.37. The van der Waals surface area contributed by atoms with Crippen molar-refractivity contribution >= 4 is 29.5 Å². The molecule has 0 amide bonds. The van der Waals surface area contributed by atoms with Crippen molar-refractivity contribution in [1.82, 2.24) is 0 Å². The average molecular weight is 360 g/mol. The first-order valence-corrected chi connectivity index (χ1v) is 9.22. The predicted octanol–water partition coefficient (Wildman–Crippen LogP) is 1.07. The molecule has 0 spiro atoms. The van der Waals surface area contributed by atoms with Gasteiger partial charge in [-0.1, -0.05) is 26.2 Å². The molecule has 7 nitrogen and oxygen atoms in total. The van der Waals surface area contributed by atoms with E-state index in [0.29, 0.717) is 0 Å². The number of methoxy groups -OCH3 is 1. The molecule has 5 N–H and O–H groups in total. The normalized spacial score (nSPS) is 20.2. The number of ketones is 1. The van der Waals surface area contributed by atoms with Crippen LogP contribution in [0.4, 0.5) is 0 Å². The molecule has 24 heavy (non-hydrogen) atoms. The molecule has 0 aromatic heterocycles. The lowest BCUT2D eigenvalue weighted by Gasteiger charge is -2.33. The fourth-order valence-electron chi connectivity index (χ4n) is 3.23. The molecule has 0 aromatic carbocycles. The Morgan fingerprint density at radius 3 is 2.38 bits per heavy atom. The lowest BCUT2D eigenvalue weighted by atomic mass is 9.91. The number of esters is 1. The first-order chi connectivity index (χ1) is 11.2. The molecule has 0 aromatic rings. The Morgan fingerprint density at radius 2 is 1.92 bits per heavy atom. The number of carbonyl (C=O) groups excluding carboxylic acids is 2. The summed E-state index contributed by atoms with van der Waals surface area (Å²) in [4.78, 5) is 35.5. The summed E-state index contributed by atoms with van der Waals surface area (Å²) < 4.78 is 4.72. The number of ether oxygens (including phenoxy) is 1. The maximum absolute atomic E-state index is 12.5. The summed E-state index contributed by atoms with van der Waals surface area (Å²) in [7, 11) is 1.15. The van der Waals surface area contributed by atoms with E-state index in [1.54, 1.807) is 0 Å². The number of aliphatic carboxylic acids is 1. The van der Waals surface area contributed by atoms with E-state index in [1.165, 1.54) is 11.8 Å². The molecule has 1 fully saturated rings. The number of nitrogens with two attached hydrogens (primary N) is 2. The second-order valence-electron chi connectivity index (χ2n) is 6.46. The van der Waals surface area contributed by atoms with E-state index in [1.807, 2.05) is 0 Å². The van der Waals surface area contributed by atoms with Crippen molar-refractivity contribution in [3.05, 3.63) is 0 Å². The zero-order valence-corrected chi connectivity index (χ0v) is 15.2. The van der Waals surface area contributed by atoms with Gasteiger partial charge in [0.15, 0.2) is 11.3 Å². The average Bonchev–Trinajstić information content (AvgIpc) is 2.99. The highest BCUT2D eigenvalue weighted by Gasteiger charge is 2.48. The highest BCUT2D eigenvalue weighted by atomic mass is 32.2. The maximum atomic E-state index is 12.5. The van der Waals surface area contributed by atoms with Crippen LogP contribution in [0.3, 0.4) is 0 Å². The standard InChI is InChI=1S/C16H28N2O5S/c1-3-6-15(7-4-5-8-15)24-10-16(18,14(22)23-2)13(21)11(17)9-12(19)20/h11H,3-10,17-18H2,1-2H3,(H,19,20)/t11-,16+/m0/s1. The number of hydrogen-bond donors (Lipinski definition) is 3. The maximum Gasteiger partial charge on any atom is 0.334 e. The molecule has 1 saturated carbocycles. The van der Waals surface area contributed by atoms with Gasteiger partial charge in [-0.25, -0.2) is 4.79 Å². The smallest absolute Gasteiger partial charge is 0.334 e. The van der Waals surface area contributed by atoms with E-state index < -0.39 is 35.7 Å². The third kappa shape index (κ3) is 4.94. The molecule has 1 rings (SSSR count). The van der Waals surface area contributed by atoms with Crippen molar-refractivity contribution in [2.24, 2.45) is 11.5 Å². The molecule has 2 atom stereocenters. The number of thioether (sulfide) groups is 1. The van der Waals surface area contributed by atoms with Gasteiger partial charge >= 0.3 is 11.9 Å². The highest BCUT2D eigenvalue weighted by Crippen LogP contribution is 2.45. The molecule has 0 unspecified atom stereocenters. The van der Waals surface area contributed by atoms with Crippen LogP contribution in [0.25, 0.3) is 0 Å². The molecule has 1 aliphatic carbocycles. The monoisotopic (exact) mass is 360 g/mol. The van der Waals surface area contributed by atoms with Gasteiger partial charge < -0.3 is 21.3 Å². The number of carbonyl (C=O) groups is 3. The quantitative estimate of drug-likeness (QED) is 0.389. The predicted molar refractivity (Wildman–Crippen MR) is 92.7 cm³/mol. The molecule has 0 heterocycles. The molecule has 0 aliphatic heterocycles. The molecule has 1 aliphatic rings. The summed E-state index contributed by atoms with van der Waals surface area (Å²) in [5.41, 5.74) is 9.81. The Balaban J connectivity index is 2.93. The van der Waals surface area contributed by atoms with Crippen molar-refractivity contribution in [2.45, 2.75) is 68.2 Å². The number of rotatable bonds is 10. The van der Waals surface area contributed by atoms with Gasteiger partial charge in [-0.05, 0) is 19.3 Å². The molecular formula is C16H28N2O5S. The Bertz CT molecular complexity index is 479. The summed E-state index contributed by atoms with van der Waals surface area (Å²) in [6, 6.07) is -1.34. The molecule has 0 radical (unpaired) electrons. The Hall–Kier alpha value is -1.12. The van der Waals surface area contributed by atoms with Crippen LogP contribution in [-0.4, -0.2) is 52.0 Å². The van der Waals surface area contributed by atoms with Crippen molar-refractivity contribution in [3.8, 4) is 0 Å². The molecular weight excluding hydrogens is 332 g/mol. The minimum Gasteiger partial charge on any atom is -0.481 e. The van der Waals surface area contributed by atoms with E-state index in [4.69, 9.17) is 21.3 Å². The van der Waals surface area contributed by atoms with Crippen molar-refractivity contribution < 1.29 is 24.2 Å². The van der Waals surface area contributed by atoms with Gasteiger partial charge in [0.05, 0.1) is 19.6 Å². The van der Waals surface area contributed by atoms with E-state index in [-0.39, 0.29) is 10.5 Å². The van der Waals surface area contributed by atoms with Crippen LogP contribution in [0, 0.1) is 0 Å². The Labute approximate surface area is 146 Å². The highest BCUT2D eigenvalue weighted by molar-refractivity contribution is 8.00. The molecule has 138 valence electrons. The lowest BCUT2D eigenvalue weighted by Crippen LogP contribution is -2.63. The minimum atomic E-state index is -1.92. The fraction of sp³-hybridized carbons (Fsp3) is 0.812. The second-order valence-corrected chi connectivity index (χ2v) is 7.90. The van der Waals surface area contributed by atoms with E-state index in [2.05, 4.69) is 6.92 Å². The van der Waals surface area contributed by atoms with Crippen LogP contribution >= 0.6 is 11.8 Å². The van der Waals surface area contributed by atoms with Crippen molar-refractivity contribution in [1.29, 1.82) is 0 Å². The summed E-state index contributed by atoms with van der Waals surface area (Å²) >= 11 is 1.52. The fourth-order valence-corrected chi connectivity index (χ4v) is 4.95. The second kappa shape index (κ2) is 8.82. The van der Waals surface area contributed by atoms with Crippen molar-refractivity contribution in [3.63, 3.8) is 0 Å². The van der Waals surface area contributed by atoms with Gasteiger partial charge in [-0.3, -0.25) is 9.59 Å². The largest absolute Gasteiger partial charge is 0.481 e. The van der Waals surface area contributed by atoms with Gasteiger partial charge in [-0.15, -0.1) is 0 Å². The van der Waals surface area contributed by atoms with Crippen LogP contribution < -0.4 is 11.5 Å². The summed E-state index contributed by atoms with van der Waals surface area (Å²) in [5.74, 6) is -2.82. The lowest BCUT2D eigenvalue weighted by molar-refractivity contribution is -0.151. The van der Waals surface area contributed by atoms with Gasteiger partial charge in [0.1, 0.15) is 0 Å². The Morgan fingerprint density at radius 1 is 1.33 bits per heavy atom. The minimum absolute atomic E-state index is 0.0184. The number of carboxylic acids is 1. The summed E-state index contributed by atoms with van der Waals surface area (Å²) in [5, 5.41) is 8.81. The SMILES string of the molecule is CCCC1(SC[C@](N)(C(=O)OC)C(=O)[C@@H](N)CC(=O)O)CCCC1. The van der Waals surface area contributed by atoms with Crippen LogP contribution in [0.2, 0.25) is 0 Å². The van der Waals surface area contributed by atoms with Gasteiger partial charge in [-0.2, -0.15) is 11.8 Å². The molecule has 0 saturated heterocycles. The van der Waals surface area contributed by atoms with Crippen molar-refractivity contribution in [2.75, 3.05) is 12.9 Å². The summed E-state index contributed by atoms with van der Waals surface area (Å²) in [6.45, 7) is 2.10. The van der Waals surface area contributed by atoms with Gasteiger partial charge in [0.25, 0.3) is 0 Å². The Kier molecular flexibility index (Phi) is 7.69. The van der Waals surface area contributed by atoms with Crippen LogP contribution in [-0.2, 0) is 19.1 Å². The van der Waals surface area contributed by atoms with E-state index in [0.717, 1.165) is 45.6 Å². The number of Topliss-reactive ketones (excluding diaryl/α,β-unsaturated/α-hetero) is 1. The first-order valence-electron chi connectivity index (χ1n) is 8.23. The number of hydrogen-bond acceptors (Lipinski definition) is 7. The molecule has 0 bridgehead atoms. The van der Waals surface area contributed by atoms with E-state index in [9.17, 15) is 14.4 Å².